The first-order valence-electron chi connectivity index (χ1n) is 7.12. The van der Waals surface area contributed by atoms with Crippen molar-refractivity contribution in [2.45, 2.75) is 0 Å². The third kappa shape index (κ3) is 2.94. The molecule has 0 atom stereocenters. The molecule has 0 aliphatic rings. The summed E-state index contributed by atoms with van der Waals surface area (Å²) in [5.74, 6) is -0.429. The van der Waals surface area contributed by atoms with E-state index in [4.69, 9.17) is 9.15 Å². The Morgan fingerprint density at radius 3 is 2.52 bits per heavy atom. The lowest BCUT2D eigenvalue weighted by Gasteiger charge is -2.03. The summed E-state index contributed by atoms with van der Waals surface area (Å²) in [7, 11) is 3.21. The van der Waals surface area contributed by atoms with Crippen molar-refractivity contribution in [1.82, 2.24) is 4.57 Å². The fourth-order valence-electron chi connectivity index (χ4n) is 2.30. The summed E-state index contributed by atoms with van der Waals surface area (Å²) < 4.78 is 12.2. The van der Waals surface area contributed by atoms with E-state index < -0.39 is 5.97 Å². The van der Waals surface area contributed by atoms with Gasteiger partial charge in [0.05, 0.1) is 24.1 Å². The Kier molecular flexibility index (Phi) is 4.10. The second-order valence-corrected chi connectivity index (χ2v) is 4.95. The van der Waals surface area contributed by atoms with E-state index in [1.165, 1.54) is 7.11 Å². The Hall–Kier alpha value is -3.08. The second-order valence-electron chi connectivity index (χ2n) is 4.95. The number of aromatic nitrogens is 1. The van der Waals surface area contributed by atoms with Crippen LogP contribution in [0.3, 0.4) is 0 Å². The molecule has 0 fully saturated rings. The van der Waals surface area contributed by atoms with E-state index in [2.05, 4.69) is 4.99 Å². The highest BCUT2D eigenvalue weighted by atomic mass is 16.5. The molecule has 0 radical (unpaired) electrons. The number of methoxy groups -OCH3 is 1. The van der Waals surface area contributed by atoms with Crippen molar-refractivity contribution in [3.05, 3.63) is 72.1 Å². The van der Waals surface area contributed by atoms with Gasteiger partial charge in [-0.3, -0.25) is 4.57 Å². The third-order valence-electron chi connectivity index (χ3n) is 3.52. The van der Waals surface area contributed by atoms with Gasteiger partial charge in [-0.1, -0.05) is 42.5 Å². The fraction of sp³-hybridized carbons (Fsp3) is 0.111. The zero-order valence-electron chi connectivity index (χ0n) is 12.9. The largest absolute Gasteiger partial charge is 0.465 e. The Morgan fingerprint density at radius 2 is 1.78 bits per heavy atom. The molecule has 0 saturated carbocycles. The molecule has 23 heavy (non-hydrogen) atoms. The molecule has 0 unspecified atom stereocenters. The molecular weight excluding hydrogens is 292 g/mol. The molecule has 116 valence electrons. The number of hydrogen-bond acceptors (Lipinski definition) is 4. The number of esters is 1. The van der Waals surface area contributed by atoms with Crippen molar-refractivity contribution in [3.8, 4) is 11.3 Å². The van der Waals surface area contributed by atoms with E-state index in [1.54, 1.807) is 24.5 Å². The molecule has 5 nitrogen and oxygen atoms in total. The zero-order chi connectivity index (χ0) is 16.2. The topological polar surface area (TPSA) is 56.7 Å². The minimum Gasteiger partial charge on any atom is -0.465 e. The molecule has 0 aliphatic heterocycles. The fourth-order valence-corrected chi connectivity index (χ4v) is 2.30. The number of oxazole rings is 1. The van der Waals surface area contributed by atoms with Gasteiger partial charge in [0.15, 0.2) is 0 Å². The number of ether oxygens (including phenoxy) is 1. The molecule has 2 aromatic carbocycles. The van der Waals surface area contributed by atoms with Crippen LogP contribution in [-0.4, -0.2) is 17.6 Å². The van der Waals surface area contributed by atoms with Gasteiger partial charge in [-0.05, 0) is 12.1 Å². The van der Waals surface area contributed by atoms with Crippen molar-refractivity contribution in [3.63, 3.8) is 0 Å². The number of para-hydroxylation sites is 1. The maximum atomic E-state index is 11.8. The van der Waals surface area contributed by atoms with Crippen LogP contribution in [0.1, 0.15) is 10.4 Å². The van der Waals surface area contributed by atoms with Crippen LogP contribution in [0.2, 0.25) is 0 Å². The lowest BCUT2D eigenvalue weighted by atomic mass is 10.2. The molecule has 5 heteroatoms. The van der Waals surface area contributed by atoms with Crippen LogP contribution in [0.25, 0.3) is 11.3 Å². The van der Waals surface area contributed by atoms with Gasteiger partial charge in [-0.15, -0.1) is 0 Å². The Morgan fingerprint density at radius 1 is 1.09 bits per heavy atom. The molecule has 3 aromatic rings. The first-order valence-corrected chi connectivity index (χ1v) is 7.12. The van der Waals surface area contributed by atoms with Crippen LogP contribution >= 0.6 is 0 Å². The van der Waals surface area contributed by atoms with Crippen molar-refractivity contribution in [1.29, 1.82) is 0 Å². The average Bonchev–Trinajstić information content (AvgIpc) is 2.96. The number of carbonyl (C=O) groups excluding carboxylic acids is 1. The summed E-state index contributed by atoms with van der Waals surface area (Å²) in [5, 5.41) is 0. The minimum atomic E-state index is -0.429. The Labute approximate surface area is 133 Å². The van der Waals surface area contributed by atoms with E-state index in [0.29, 0.717) is 16.9 Å². The van der Waals surface area contributed by atoms with Crippen LogP contribution in [-0.2, 0) is 11.8 Å². The number of carbonyl (C=O) groups is 1. The predicted molar refractivity (Wildman–Crippen MR) is 86.1 cm³/mol. The second kappa shape index (κ2) is 6.36. The number of hydrogen-bond donors (Lipinski definition) is 0. The maximum Gasteiger partial charge on any atom is 0.340 e. The normalized spacial score (nSPS) is 11.5. The number of rotatable bonds is 3. The quantitative estimate of drug-likeness (QED) is 0.698. The molecule has 3 rings (SSSR count). The molecule has 1 heterocycles. The van der Waals surface area contributed by atoms with Gasteiger partial charge < -0.3 is 9.15 Å². The van der Waals surface area contributed by atoms with Crippen molar-refractivity contribution in [2.75, 3.05) is 7.11 Å². The summed E-state index contributed by atoms with van der Waals surface area (Å²) in [4.78, 5) is 16.3. The van der Waals surface area contributed by atoms with Crippen LogP contribution < -0.4 is 5.68 Å². The van der Waals surface area contributed by atoms with E-state index >= 15 is 0 Å². The lowest BCUT2D eigenvalue weighted by Crippen LogP contribution is -2.13. The summed E-state index contributed by atoms with van der Waals surface area (Å²) in [5.41, 5.74) is 3.23. The maximum absolute atomic E-state index is 11.8. The molecule has 0 N–H and O–H groups in total. The Bertz CT molecular complexity index is 892. The van der Waals surface area contributed by atoms with E-state index in [9.17, 15) is 4.79 Å². The molecular formula is C18H16N2O3. The highest BCUT2D eigenvalue weighted by molar-refractivity contribution is 5.94. The summed E-state index contributed by atoms with van der Waals surface area (Å²) in [6.07, 6.45) is 1.65. The Balaban J connectivity index is 2.09. The SMILES string of the molecule is COC(=O)c1ccccc1N=c1occ(-c2ccccc2)n1C. The average molecular weight is 308 g/mol. The summed E-state index contributed by atoms with van der Waals surface area (Å²) in [6.45, 7) is 0. The van der Waals surface area contributed by atoms with Crippen LogP contribution in [0.4, 0.5) is 5.69 Å². The molecule has 0 aliphatic carbocycles. The van der Waals surface area contributed by atoms with Crippen molar-refractivity contribution in [2.24, 2.45) is 12.0 Å². The highest BCUT2D eigenvalue weighted by Crippen LogP contribution is 2.20. The monoisotopic (exact) mass is 308 g/mol. The number of nitrogens with zero attached hydrogens (tertiary/aromatic N) is 2. The summed E-state index contributed by atoms with van der Waals surface area (Å²) in [6, 6.07) is 16.9. The molecule has 0 amide bonds. The smallest absolute Gasteiger partial charge is 0.340 e. The van der Waals surface area contributed by atoms with Crippen molar-refractivity contribution >= 4 is 11.7 Å². The van der Waals surface area contributed by atoms with E-state index in [1.807, 2.05) is 48.0 Å². The first kappa shape index (κ1) is 14.8. The van der Waals surface area contributed by atoms with Gasteiger partial charge in [-0.2, -0.15) is 4.99 Å². The third-order valence-corrected chi connectivity index (χ3v) is 3.52. The van der Waals surface area contributed by atoms with E-state index in [0.717, 1.165) is 11.3 Å². The molecule has 0 saturated heterocycles. The van der Waals surface area contributed by atoms with Gasteiger partial charge in [0, 0.05) is 12.6 Å². The van der Waals surface area contributed by atoms with Crippen LogP contribution in [0, 0.1) is 0 Å². The summed E-state index contributed by atoms with van der Waals surface area (Å²) >= 11 is 0. The predicted octanol–water partition coefficient (Wildman–Crippen LogP) is 3.30. The van der Waals surface area contributed by atoms with Gasteiger partial charge in [0.25, 0.3) is 0 Å². The van der Waals surface area contributed by atoms with E-state index in [-0.39, 0.29) is 0 Å². The van der Waals surface area contributed by atoms with Crippen molar-refractivity contribution < 1.29 is 13.9 Å². The first-order chi connectivity index (χ1) is 11.2. The molecule has 0 bridgehead atoms. The van der Waals surface area contributed by atoms with Crippen LogP contribution in [0.15, 0.2) is 70.3 Å². The van der Waals surface area contributed by atoms with Crippen LogP contribution in [0.5, 0.6) is 0 Å². The highest BCUT2D eigenvalue weighted by Gasteiger charge is 2.11. The minimum absolute atomic E-state index is 0.396. The molecule has 0 spiro atoms. The zero-order valence-corrected chi connectivity index (χ0v) is 12.9. The standard InChI is InChI=1S/C18H16N2O3/c1-20-16(13-8-4-3-5-9-13)12-23-18(20)19-15-11-7-6-10-14(15)17(21)22-2/h3-12H,1-2H3. The van der Waals surface area contributed by atoms with Gasteiger partial charge >= 0.3 is 11.7 Å². The van der Waals surface area contributed by atoms with Gasteiger partial charge in [-0.25, -0.2) is 4.79 Å². The lowest BCUT2D eigenvalue weighted by molar-refractivity contribution is 0.0601. The molecule has 1 aromatic heterocycles. The number of benzene rings is 2. The van der Waals surface area contributed by atoms with Gasteiger partial charge in [0.2, 0.25) is 0 Å². The van der Waals surface area contributed by atoms with Gasteiger partial charge in [0.1, 0.15) is 6.26 Å².